The first-order valence-electron chi connectivity index (χ1n) is 9.45. The number of rotatable bonds is 8. The highest BCUT2D eigenvalue weighted by Crippen LogP contribution is 2.26. The molecule has 0 aliphatic carbocycles. The van der Waals surface area contributed by atoms with Crippen molar-refractivity contribution < 1.29 is 4.74 Å². The molecule has 0 unspecified atom stereocenters. The number of aliphatic imine (C=N–C) groups is 1. The zero-order valence-corrected chi connectivity index (χ0v) is 19.0. The van der Waals surface area contributed by atoms with Crippen LogP contribution in [0.3, 0.4) is 0 Å². The maximum Gasteiger partial charge on any atom is 0.191 e. The Hall–Kier alpha value is -1.02. The highest BCUT2D eigenvalue weighted by Gasteiger charge is 2.13. The van der Waals surface area contributed by atoms with Crippen LogP contribution in [-0.2, 0) is 17.7 Å². The van der Waals surface area contributed by atoms with Crippen LogP contribution < -0.4 is 15.5 Å². The van der Waals surface area contributed by atoms with Crippen LogP contribution in [0.1, 0.15) is 37.8 Å². The molecule has 1 aliphatic heterocycles. The van der Waals surface area contributed by atoms with Crippen molar-refractivity contribution in [3.05, 3.63) is 29.3 Å². The van der Waals surface area contributed by atoms with E-state index in [-0.39, 0.29) is 24.0 Å². The van der Waals surface area contributed by atoms with Crippen molar-refractivity contribution >= 4 is 35.6 Å². The highest BCUT2D eigenvalue weighted by molar-refractivity contribution is 14.0. The number of anilines is 1. The molecule has 2 rings (SSSR count). The number of ether oxygens (including phenoxy) is 1. The lowest BCUT2D eigenvalue weighted by molar-refractivity contribution is 0.108. The number of hydrogen-bond acceptors (Lipinski definition) is 3. The van der Waals surface area contributed by atoms with Gasteiger partial charge in [0.25, 0.3) is 0 Å². The topological polar surface area (TPSA) is 48.9 Å². The van der Waals surface area contributed by atoms with Crippen LogP contribution in [0.5, 0.6) is 0 Å². The van der Waals surface area contributed by atoms with E-state index in [1.165, 1.54) is 29.7 Å². The van der Waals surface area contributed by atoms with Crippen molar-refractivity contribution in [2.75, 3.05) is 45.3 Å². The van der Waals surface area contributed by atoms with Gasteiger partial charge in [-0.1, -0.05) is 26.0 Å². The predicted molar refractivity (Wildman–Crippen MR) is 122 cm³/mol. The van der Waals surface area contributed by atoms with E-state index in [0.29, 0.717) is 5.92 Å². The second kappa shape index (κ2) is 12.4. The maximum absolute atomic E-state index is 5.60. The summed E-state index contributed by atoms with van der Waals surface area (Å²) in [5.41, 5.74) is 4.13. The second-order valence-corrected chi connectivity index (χ2v) is 7.16. The molecule has 1 aromatic rings. The van der Waals surface area contributed by atoms with Crippen LogP contribution in [0.4, 0.5) is 5.69 Å². The number of guanidine groups is 1. The number of hydrogen-bond donors (Lipinski definition) is 2. The summed E-state index contributed by atoms with van der Waals surface area (Å²) in [5, 5.41) is 6.75. The third kappa shape index (κ3) is 7.70. The van der Waals surface area contributed by atoms with Crippen molar-refractivity contribution in [2.45, 2.75) is 39.7 Å². The van der Waals surface area contributed by atoms with Gasteiger partial charge in [0.2, 0.25) is 0 Å². The SMILES string of the molecule is CN=C(NCCCOCC(C)C)NCc1ccc2c(c1)CCCN2C.I. The van der Waals surface area contributed by atoms with Crippen molar-refractivity contribution in [3.8, 4) is 0 Å². The molecule has 2 N–H and O–H groups in total. The highest BCUT2D eigenvalue weighted by atomic mass is 127. The first-order valence-corrected chi connectivity index (χ1v) is 9.45. The Morgan fingerprint density at radius 1 is 1.31 bits per heavy atom. The van der Waals surface area contributed by atoms with E-state index < -0.39 is 0 Å². The Bertz CT molecular complexity index is 563. The molecule has 26 heavy (non-hydrogen) atoms. The van der Waals surface area contributed by atoms with Crippen molar-refractivity contribution in [3.63, 3.8) is 0 Å². The van der Waals surface area contributed by atoms with Gasteiger partial charge in [0.15, 0.2) is 5.96 Å². The molecule has 0 atom stereocenters. The fourth-order valence-corrected chi connectivity index (χ4v) is 3.06. The molecule has 148 valence electrons. The first-order chi connectivity index (χ1) is 12.1. The van der Waals surface area contributed by atoms with Crippen LogP contribution in [0.25, 0.3) is 0 Å². The van der Waals surface area contributed by atoms with Gasteiger partial charge in [-0.05, 0) is 42.4 Å². The van der Waals surface area contributed by atoms with Crippen molar-refractivity contribution in [2.24, 2.45) is 10.9 Å². The lowest BCUT2D eigenvalue weighted by Gasteiger charge is -2.28. The van der Waals surface area contributed by atoms with Crippen molar-refractivity contribution in [1.82, 2.24) is 10.6 Å². The quantitative estimate of drug-likeness (QED) is 0.263. The van der Waals surface area contributed by atoms with Crippen LogP contribution >= 0.6 is 24.0 Å². The molecule has 0 bridgehead atoms. The number of fused-ring (bicyclic) bond motifs is 1. The summed E-state index contributed by atoms with van der Waals surface area (Å²) in [6, 6.07) is 6.78. The molecule has 0 radical (unpaired) electrons. The monoisotopic (exact) mass is 474 g/mol. The molecule has 0 saturated heterocycles. The summed E-state index contributed by atoms with van der Waals surface area (Å²) < 4.78 is 5.60. The molecule has 0 aromatic heterocycles. The van der Waals surface area contributed by atoms with Crippen LogP contribution in [0.2, 0.25) is 0 Å². The molecule has 1 heterocycles. The predicted octanol–water partition coefficient (Wildman–Crippen LogP) is 3.41. The minimum absolute atomic E-state index is 0. The zero-order valence-electron chi connectivity index (χ0n) is 16.7. The smallest absolute Gasteiger partial charge is 0.191 e. The summed E-state index contributed by atoms with van der Waals surface area (Å²) in [6.45, 7) is 8.78. The van der Waals surface area contributed by atoms with Crippen molar-refractivity contribution in [1.29, 1.82) is 0 Å². The van der Waals surface area contributed by atoms with Gasteiger partial charge >= 0.3 is 0 Å². The number of aryl methyl sites for hydroxylation is 1. The van der Waals surface area contributed by atoms with E-state index in [2.05, 4.69) is 59.6 Å². The minimum Gasteiger partial charge on any atom is -0.381 e. The number of nitrogens with one attached hydrogen (secondary N) is 2. The Morgan fingerprint density at radius 3 is 2.85 bits per heavy atom. The van der Waals surface area contributed by atoms with Gasteiger partial charge in [-0.3, -0.25) is 4.99 Å². The molecule has 5 nitrogen and oxygen atoms in total. The second-order valence-electron chi connectivity index (χ2n) is 7.16. The number of halogens is 1. The number of benzene rings is 1. The molecular formula is C20H35IN4O. The molecule has 6 heteroatoms. The summed E-state index contributed by atoms with van der Waals surface area (Å²) in [5.74, 6) is 1.44. The fraction of sp³-hybridized carbons (Fsp3) is 0.650. The molecular weight excluding hydrogens is 439 g/mol. The largest absolute Gasteiger partial charge is 0.381 e. The fourth-order valence-electron chi connectivity index (χ4n) is 3.06. The molecule has 1 aliphatic rings. The molecule has 0 saturated carbocycles. The summed E-state index contributed by atoms with van der Waals surface area (Å²) in [6.07, 6.45) is 3.40. The first kappa shape index (κ1) is 23.0. The maximum atomic E-state index is 5.60. The van der Waals surface area contributed by atoms with E-state index in [1.807, 2.05) is 7.05 Å². The third-order valence-corrected chi connectivity index (χ3v) is 4.39. The molecule has 0 spiro atoms. The number of nitrogens with zero attached hydrogens (tertiary/aromatic N) is 2. The van der Waals surface area contributed by atoms with Gasteiger partial charge in [-0.15, -0.1) is 24.0 Å². The lowest BCUT2D eigenvalue weighted by atomic mass is 9.99. The van der Waals surface area contributed by atoms with Crippen LogP contribution in [-0.4, -0.2) is 46.4 Å². The lowest BCUT2D eigenvalue weighted by Crippen LogP contribution is -2.37. The van der Waals surface area contributed by atoms with E-state index in [0.717, 1.165) is 45.2 Å². The zero-order chi connectivity index (χ0) is 18.1. The normalized spacial score (nSPS) is 14.0. The van der Waals surface area contributed by atoms with Crippen LogP contribution in [0.15, 0.2) is 23.2 Å². The van der Waals surface area contributed by atoms with E-state index in [4.69, 9.17) is 4.74 Å². The van der Waals surface area contributed by atoms with Gasteiger partial charge in [-0.25, -0.2) is 0 Å². The standard InChI is InChI=1S/C20H34N4O.HI/c1-16(2)15-25-12-6-10-22-20(21-3)23-14-17-8-9-19-18(13-17)7-5-11-24(19)4;/h8-9,13,16H,5-7,10-12,14-15H2,1-4H3,(H2,21,22,23);1H. The minimum atomic E-state index is 0. The Labute approximate surface area is 176 Å². The Morgan fingerprint density at radius 2 is 2.12 bits per heavy atom. The van der Waals surface area contributed by atoms with Gasteiger partial charge in [0.05, 0.1) is 0 Å². The van der Waals surface area contributed by atoms with Gasteiger partial charge in [-0.2, -0.15) is 0 Å². The summed E-state index contributed by atoms with van der Waals surface area (Å²) >= 11 is 0. The average molecular weight is 474 g/mol. The Kier molecular flexibility index (Phi) is 11.0. The molecule has 1 aromatic carbocycles. The van der Waals surface area contributed by atoms with E-state index in [9.17, 15) is 0 Å². The Balaban J connectivity index is 0.00000338. The summed E-state index contributed by atoms with van der Waals surface area (Å²) in [7, 11) is 3.99. The summed E-state index contributed by atoms with van der Waals surface area (Å²) in [4.78, 5) is 6.64. The van der Waals surface area contributed by atoms with Gasteiger partial charge in [0.1, 0.15) is 0 Å². The molecule has 0 amide bonds. The van der Waals surface area contributed by atoms with E-state index >= 15 is 0 Å². The van der Waals surface area contributed by atoms with E-state index in [1.54, 1.807) is 0 Å². The average Bonchev–Trinajstić information content (AvgIpc) is 2.60. The molecule has 0 fully saturated rings. The third-order valence-electron chi connectivity index (χ3n) is 4.39. The van der Waals surface area contributed by atoms with Gasteiger partial charge < -0.3 is 20.3 Å². The van der Waals surface area contributed by atoms with Crippen LogP contribution in [0, 0.1) is 5.92 Å². The van der Waals surface area contributed by atoms with Gasteiger partial charge in [0, 0.05) is 52.6 Å².